The molecule has 2 aliphatic heterocycles. The Kier molecular flexibility index (Phi) is 3.89. The highest BCUT2D eigenvalue weighted by atomic mass is 35.5. The number of carbonyl (C=O) groups excluding carboxylic acids is 2. The molecule has 6 nitrogen and oxygen atoms in total. The van der Waals surface area contributed by atoms with Crippen LogP contribution in [0.4, 0.5) is 5.69 Å². The summed E-state index contributed by atoms with van der Waals surface area (Å²) in [5, 5.41) is 5.91. The van der Waals surface area contributed by atoms with Crippen molar-refractivity contribution >= 4 is 29.1 Å². The van der Waals surface area contributed by atoms with Crippen molar-refractivity contribution in [2.24, 2.45) is 11.8 Å². The van der Waals surface area contributed by atoms with E-state index in [1.807, 2.05) is 0 Å². The second-order valence-electron chi connectivity index (χ2n) is 6.88. The Morgan fingerprint density at radius 1 is 1.46 bits per heavy atom. The Bertz CT molecular complexity index is 709. The van der Waals surface area contributed by atoms with Crippen LogP contribution in [0.15, 0.2) is 12.1 Å². The lowest BCUT2D eigenvalue weighted by Gasteiger charge is -2.46. The van der Waals surface area contributed by atoms with Gasteiger partial charge in [-0.15, -0.1) is 0 Å². The van der Waals surface area contributed by atoms with Gasteiger partial charge in [-0.3, -0.25) is 9.59 Å². The number of nitrogens with two attached hydrogens (primary N) is 1. The zero-order valence-corrected chi connectivity index (χ0v) is 14.3. The molecular weight excluding hydrogens is 330 g/mol. The quantitative estimate of drug-likeness (QED) is 0.810. The predicted molar refractivity (Wildman–Crippen MR) is 89.5 cm³/mol. The summed E-state index contributed by atoms with van der Waals surface area (Å²) in [5.41, 5.74) is 0.949. The van der Waals surface area contributed by atoms with Crippen LogP contribution in [0, 0.1) is 11.8 Å². The molecule has 2 heterocycles. The van der Waals surface area contributed by atoms with E-state index < -0.39 is 0 Å². The molecule has 3 atom stereocenters. The fraction of sp³-hybridized carbons (Fsp3) is 0.529. The van der Waals surface area contributed by atoms with E-state index in [0.717, 1.165) is 25.3 Å². The molecule has 24 heavy (non-hydrogen) atoms. The number of rotatable bonds is 2. The van der Waals surface area contributed by atoms with Crippen molar-refractivity contribution in [2.45, 2.75) is 18.9 Å². The lowest BCUT2D eigenvalue weighted by Crippen LogP contribution is -2.90. The number of halogens is 1. The number of hydrogen-bond donors (Lipinski definition) is 2. The topological polar surface area (TPSA) is 75.2 Å². The number of nitrogens with zero attached hydrogens (tertiary/aromatic N) is 1. The number of carbonyl (C=O) groups is 2. The molecule has 0 radical (unpaired) electrons. The molecule has 0 aromatic heterocycles. The molecule has 7 heteroatoms. The molecule has 1 aliphatic carbocycles. The van der Waals surface area contributed by atoms with Crippen LogP contribution in [0.2, 0.25) is 5.02 Å². The number of likely N-dealkylation sites (N-methyl/N-ethyl adjacent to an activating group) is 1. The molecule has 1 aromatic carbocycles. The van der Waals surface area contributed by atoms with E-state index in [1.54, 1.807) is 19.2 Å². The van der Waals surface area contributed by atoms with Crippen LogP contribution < -0.4 is 20.3 Å². The Morgan fingerprint density at radius 3 is 3.08 bits per heavy atom. The van der Waals surface area contributed by atoms with E-state index in [-0.39, 0.29) is 24.5 Å². The SMILES string of the molecule is CN1C(=O)COc2c(C(=O)NC3CC4C[NH2+]CCC43)cc(Cl)cc21. The van der Waals surface area contributed by atoms with Crippen LogP contribution in [0.1, 0.15) is 23.2 Å². The molecule has 3 N–H and O–H groups in total. The zero-order valence-electron chi connectivity index (χ0n) is 13.5. The van der Waals surface area contributed by atoms with Crippen LogP contribution >= 0.6 is 11.6 Å². The first-order valence-corrected chi connectivity index (χ1v) is 8.78. The predicted octanol–water partition coefficient (Wildman–Crippen LogP) is 0.397. The first-order chi connectivity index (χ1) is 11.5. The van der Waals surface area contributed by atoms with Gasteiger partial charge >= 0.3 is 0 Å². The number of nitrogens with one attached hydrogen (secondary N) is 1. The lowest BCUT2D eigenvalue weighted by molar-refractivity contribution is -0.675. The van der Waals surface area contributed by atoms with Crippen molar-refractivity contribution in [3.8, 4) is 5.75 Å². The summed E-state index contributed by atoms with van der Waals surface area (Å²) >= 11 is 6.16. The van der Waals surface area contributed by atoms with Gasteiger partial charge in [-0.1, -0.05) is 11.6 Å². The second kappa shape index (κ2) is 5.93. The van der Waals surface area contributed by atoms with Crippen molar-refractivity contribution < 1.29 is 19.6 Å². The molecule has 3 aliphatic rings. The third-order valence-electron chi connectivity index (χ3n) is 5.52. The molecule has 4 rings (SSSR count). The average Bonchev–Trinajstić information content (AvgIpc) is 2.55. The van der Waals surface area contributed by atoms with Crippen LogP contribution in [-0.4, -0.2) is 44.6 Å². The number of ether oxygens (including phenoxy) is 1. The molecule has 1 aromatic rings. The summed E-state index contributed by atoms with van der Waals surface area (Å²) in [6, 6.07) is 3.50. The summed E-state index contributed by atoms with van der Waals surface area (Å²) in [7, 11) is 1.66. The number of piperidine rings is 1. The van der Waals surface area contributed by atoms with E-state index in [4.69, 9.17) is 16.3 Å². The highest BCUT2D eigenvalue weighted by Crippen LogP contribution is 2.40. The van der Waals surface area contributed by atoms with Crippen molar-refractivity contribution in [1.82, 2.24) is 5.32 Å². The van der Waals surface area contributed by atoms with Gasteiger partial charge in [-0.25, -0.2) is 0 Å². The smallest absolute Gasteiger partial charge is 0.264 e. The van der Waals surface area contributed by atoms with E-state index in [9.17, 15) is 9.59 Å². The van der Waals surface area contributed by atoms with Crippen molar-refractivity contribution in [3.63, 3.8) is 0 Å². The maximum Gasteiger partial charge on any atom is 0.264 e. The molecule has 3 unspecified atom stereocenters. The normalized spacial score (nSPS) is 28.3. The van der Waals surface area contributed by atoms with E-state index >= 15 is 0 Å². The maximum absolute atomic E-state index is 12.8. The van der Waals surface area contributed by atoms with E-state index in [2.05, 4.69) is 10.6 Å². The van der Waals surface area contributed by atoms with Gasteiger partial charge in [-0.2, -0.15) is 0 Å². The Morgan fingerprint density at radius 2 is 2.29 bits per heavy atom. The van der Waals surface area contributed by atoms with Gasteiger partial charge in [0.05, 0.1) is 24.3 Å². The first-order valence-electron chi connectivity index (χ1n) is 8.40. The summed E-state index contributed by atoms with van der Waals surface area (Å²) < 4.78 is 5.54. The maximum atomic E-state index is 12.8. The monoisotopic (exact) mass is 350 g/mol. The van der Waals surface area contributed by atoms with Gasteiger partial charge in [0.1, 0.15) is 0 Å². The molecular formula is C17H21ClN3O3+. The van der Waals surface area contributed by atoms with Gasteiger partial charge in [0.2, 0.25) is 0 Å². The fourth-order valence-electron chi connectivity index (χ4n) is 4.08. The minimum atomic E-state index is -0.172. The van der Waals surface area contributed by atoms with Gasteiger partial charge < -0.3 is 20.3 Å². The molecule has 128 valence electrons. The van der Waals surface area contributed by atoms with Crippen LogP contribution in [0.3, 0.4) is 0 Å². The Hall–Kier alpha value is -1.79. The van der Waals surface area contributed by atoms with Crippen LogP contribution in [-0.2, 0) is 4.79 Å². The van der Waals surface area contributed by atoms with Gasteiger partial charge in [-0.05, 0) is 24.5 Å². The Balaban J connectivity index is 1.57. The van der Waals surface area contributed by atoms with E-state index in [0.29, 0.717) is 27.9 Å². The highest BCUT2D eigenvalue weighted by molar-refractivity contribution is 6.31. The Labute approximate surface area is 145 Å². The van der Waals surface area contributed by atoms with Crippen LogP contribution in [0.25, 0.3) is 0 Å². The number of quaternary nitrogens is 1. The number of hydrogen-bond acceptors (Lipinski definition) is 3. The van der Waals surface area contributed by atoms with Gasteiger partial charge in [0, 0.05) is 30.5 Å². The van der Waals surface area contributed by atoms with Crippen molar-refractivity contribution in [1.29, 1.82) is 0 Å². The molecule has 2 fully saturated rings. The third-order valence-corrected chi connectivity index (χ3v) is 5.74. The molecule has 0 spiro atoms. The lowest BCUT2D eigenvalue weighted by atomic mass is 9.66. The molecule has 2 amide bonds. The number of fused-ring (bicyclic) bond motifs is 2. The third kappa shape index (κ3) is 2.54. The minimum Gasteiger partial charge on any atom is -0.481 e. The summed E-state index contributed by atoms with van der Waals surface area (Å²) in [5.74, 6) is 1.41. The summed E-state index contributed by atoms with van der Waals surface area (Å²) in [6.07, 6.45) is 2.19. The molecule has 0 bridgehead atoms. The standard InChI is InChI=1S/C17H20ClN3O3/c1-21-14-6-10(18)5-12(16(14)24-8-15(21)22)17(23)20-13-4-9-7-19-3-2-11(9)13/h5-6,9,11,13,19H,2-4,7-8H2,1H3,(H,20,23)/p+1. The first kappa shape index (κ1) is 15.7. The van der Waals surface area contributed by atoms with Crippen molar-refractivity contribution in [3.05, 3.63) is 22.7 Å². The van der Waals surface area contributed by atoms with Gasteiger partial charge in [0.25, 0.3) is 11.8 Å². The summed E-state index contributed by atoms with van der Waals surface area (Å²) in [4.78, 5) is 26.1. The van der Waals surface area contributed by atoms with Crippen molar-refractivity contribution in [2.75, 3.05) is 31.6 Å². The zero-order chi connectivity index (χ0) is 16.8. The molecule has 1 saturated heterocycles. The van der Waals surface area contributed by atoms with Gasteiger partial charge in [0.15, 0.2) is 12.4 Å². The largest absolute Gasteiger partial charge is 0.481 e. The minimum absolute atomic E-state index is 0.0601. The number of amides is 2. The van der Waals surface area contributed by atoms with Crippen LogP contribution in [0.5, 0.6) is 5.75 Å². The second-order valence-corrected chi connectivity index (χ2v) is 7.32. The molecule has 1 saturated carbocycles. The summed E-state index contributed by atoms with van der Waals surface area (Å²) in [6.45, 7) is 2.24. The average molecular weight is 351 g/mol. The highest BCUT2D eigenvalue weighted by Gasteiger charge is 2.45. The fourth-order valence-corrected chi connectivity index (χ4v) is 4.30. The number of anilines is 1. The number of benzene rings is 1. The van der Waals surface area contributed by atoms with E-state index in [1.165, 1.54) is 11.4 Å².